The van der Waals surface area contributed by atoms with Crippen LogP contribution in [0.15, 0.2) is 32.9 Å². The van der Waals surface area contributed by atoms with Crippen molar-refractivity contribution in [3.63, 3.8) is 0 Å². The van der Waals surface area contributed by atoms with Crippen LogP contribution < -0.4 is 0 Å². The van der Waals surface area contributed by atoms with E-state index in [1.54, 1.807) is 13.1 Å². The van der Waals surface area contributed by atoms with Crippen molar-refractivity contribution >= 4 is 19.7 Å². The molecule has 0 saturated carbocycles. The number of nitrogens with zero attached hydrogens (tertiary/aromatic N) is 2. The molecule has 7 nitrogen and oxygen atoms in total. The lowest BCUT2D eigenvalue weighted by atomic mass is 10.4. The summed E-state index contributed by atoms with van der Waals surface area (Å²) in [5.41, 5.74) is 0. The molecule has 0 bridgehead atoms. The molecule has 116 valence electrons. The van der Waals surface area contributed by atoms with E-state index < -0.39 is 25.4 Å². The highest BCUT2D eigenvalue weighted by Gasteiger charge is 2.25. The smallest absolute Gasteiger partial charge is 0.228 e. The van der Waals surface area contributed by atoms with Crippen molar-refractivity contribution in [2.75, 3.05) is 6.26 Å². The molecule has 0 aliphatic rings. The maximum absolute atomic E-state index is 12.3. The van der Waals surface area contributed by atoms with Gasteiger partial charge in [-0.25, -0.2) is 21.8 Å². The van der Waals surface area contributed by atoms with Crippen LogP contribution in [0.4, 0.5) is 0 Å². The third kappa shape index (κ3) is 3.18. The standard InChI is InChI=1S/C12H16N2O5S2/c1-4-14-6-5-13-12(14)21(17,18)8-10-7-11(9(2)19-10)20(3,15)16/h5-7H,4,8H2,1-3H3. The molecule has 0 radical (unpaired) electrons. The number of aromatic nitrogens is 2. The van der Waals surface area contributed by atoms with Crippen molar-refractivity contribution < 1.29 is 21.3 Å². The van der Waals surface area contributed by atoms with Crippen molar-refractivity contribution in [2.24, 2.45) is 0 Å². The fraction of sp³-hybridized carbons (Fsp3) is 0.417. The van der Waals surface area contributed by atoms with E-state index >= 15 is 0 Å². The highest BCUT2D eigenvalue weighted by atomic mass is 32.2. The van der Waals surface area contributed by atoms with Crippen LogP contribution in [0, 0.1) is 6.92 Å². The molecule has 0 aromatic carbocycles. The second-order valence-corrected chi connectivity index (χ2v) is 8.53. The minimum atomic E-state index is -3.70. The second-order valence-electron chi connectivity index (χ2n) is 4.66. The summed E-state index contributed by atoms with van der Waals surface area (Å²) in [6, 6.07) is 1.25. The summed E-state index contributed by atoms with van der Waals surface area (Å²) >= 11 is 0. The highest BCUT2D eigenvalue weighted by Crippen LogP contribution is 2.23. The van der Waals surface area contributed by atoms with Crippen molar-refractivity contribution in [1.29, 1.82) is 0 Å². The summed E-state index contributed by atoms with van der Waals surface area (Å²) < 4.78 is 54.5. The SMILES string of the molecule is CCn1ccnc1S(=O)(=O)Cc1cc(S(C)(=O)=O)c(C)o1. The lowest BCUT2D eigenvalue weighted by Gasteiger charge is -2.04. The number of imidazole rings is 1. The van der Waals surface area contributed by atoms with Gasteiger partial charge in [0.05, 0.1) is 0 Å². The Bertz CT molecular complexity index is 859. The average molecular weight is 332 g/mol. The van der Waals surface area contributed by atoms with E-state index in [1.807, 2.05) is 0 Å². The maximum atomic E-state index is 12.3. The molecule has 0 aliphatic heterocycles. The summed E-state index contributed by atoms with van der Waals surface area (Å²) in [6.45, 7) is 3.76. The third-order valence-corrected chi connectivity index (χ3v) is 5.72. The van der Waals surface area contributed by atoms with Crippen LogP contribution >= 0.6 is 0 Å². The predicted octanol–water partition coefficient (Wildman–Crippen LogP) is 1.18. The minimum Gasteiger partial charge on any atom is -0.464 e. The molecule has 2 rings (SSSR count). The normalized spacial score (nSPS) is 12.7. The average Bonchev–Trinajstić information content (AvgIpc) is 2.94. The van der Waals surface area contributed by atoms with E-state index in [4.69, 9.17) is 4.42 Å². The van der Waals surface area contributed by atoms with Gasteiger partial charge in [0.1, 0.15) is 22.2 Å². The molecular formula is C12H16N2O5S2. The van der Waals surface area contributed by atoms with Crippen LogP contribution in [0.5, 0.6) is 0 Å². The van der Waals surface area contributed by atoms with Crippen LogP contribution in [0.1, 0.15) is 18.4 Å². The van der Waals surface area contributed by atoms with Crippen LogP contribution in [-0.4, -0.2) is 32.6 Å². The molecule has 2 aromatic heterocycles. The van der Waals surface area contributed by atoms with Crippen molar-refractivity contribution in [2.45, 2.75) is 36.2 Å². The molecular weight excluding hydrogens is 316 g/mol. The van der Waals surface area contributed by atoms with Crippen molar-refractivity contribution in [3.8, 4) is 0 Å². The zero-order valence-corrected chi connectivity index (χ0v) is 13.5. The Balaban J connectivity index is 2.39. The van der Waals surface area contributed by atoms with Gasteiger partial charge in [0, 0.05) is 25.2 Å². The van der Waals surface area contributed by atoms with Gasteiger partial charge in [0.25, 0.3) is 0 Å². The Kier molecular flexibility index (Phi) is 3.98. The lowest BCUT2D eigenvalue weighted by Crippen LogP contribution is -2.11. The minimum absolute atomic E-state index is 0.00605. The summed E-state index contributed by atoms with van der Waals surface area (Å²) in [4.78, 5) is 3.85. The van der Waals surface area contributed by atoms with Gasteiger partial charge in [-0.1, -0.05) is 0 Å². The van der Waals surface area contributed by atoms with E-state index in [2.05, 4.69) is 4.98 Å². The van der Waals surface area contributed by atoms with Gasteiger partial charge in [-0.2, -0.15) is 0 Å². The first-order valence-corrected chi connectivity index (χ1v) is 9.72. The number of sulfone groups is 2. The highest BCUT2D eigenvalue weighted by molar-refractivity contribution is 7.91. The van der Waals surface area contributed by atoms with E-state index in [9.17, 15) is 16.8 Å². The van der Waals surface area contributed by atoms with Crippen molar-refractivity contribution in [3.05, 3.63) is 30.0 Å². The molecule has 0 amide bonds. The predicted molar refractivity (Wildman–Crippen MR) is 75.3 cm³/mol. The first kappa shape index (κ1) is 15.8. The van der Waals surface area contributed by atoms with Crippen LogP contribution in [-0.2, 0) is 32.0 Å². The molecule has 0 unspecified atom stereocenters. The van der Waals surface area contributed by atoms with Crippen LogP contribution in [0.2, 0.25) is 0 Å². The Morgan fingerprint density at radius 1 is 1.29 bits per heavy atom. The Morgan fingerprint density at radius 3 is 2.48 bits per heavy atom. The zero-order chi connectivity index (χ0) is 15.8. The molecule has 0 spiro atoms. The largest absolute Gasteiger partial charge is 0.464 e. The molecule has 2 heterocycles. The quantitative estimate of drug-likeness (QED) is 0.815. The van der Waals surface area contributed by atoms with Gasteiger partial charge >= 0.3 is 0 Å². The number of hydrogen-bond acceptors (Lipinski definition) is 6. The molecule has 2 aromatic rings. The summed E-state index contributed by atoms with van der Waals surface area (Å²) in [6.07, 6.45) is 4.03. The number of aryl methyl sites for hydroxylation is 2. The molecule has 21 heavy (non-hydrogen) atoms. The topological polar surface area (TPSA) is 99.2 Å². The molecule has 0 aliphatic carbocycles. The molecule has 9 heteroatoms. The Labute approximate surface area is 123 Å². The molecule has 0 fully saturated rings. The van der Waals surface area contributed by atoms with Gasteiger partial charge in [0.15, 0.2) is 9.84 Å². The lowest BCUT2D eigenvalue weighted by molar-refractivity contribution is 0.486. The number of hydrogen-bond donors (Lipinski definition) is 0. The fourth-order valence-corrected chi connectivity index (χ4v) is 4.35. The van der Waals surface area contributed by atoms with Gasteiger partial charge in [0.2, 0.25) is 15.0 Å². The Hall–Kier alpha value is -1.61. The van der Waals surface area contributed by atoms with Crippen LogP contribution in [0.3, 0.4) is 0 Å². The number of rotatable bonds is 5. The van der Waals surface area contributed by atoms with Gasteiger partial charge in [-0.3, -0.25) is 0 Å². The Morgan fingerprint density at radius 2 is 1.95 bits per heavy atom. The van der Waals surface area contributed by atoms with Crippen molar-refractivity contribution in [1.82, 2.24) is 9.55 Å². The zero-order valence-electron chi connectivity index (χ0n) is 11.9. The first-order valence-electron chi connectivity index (χ1n) is 6.18. The van der Waals surface area contributed by atoms with Crippen LogP contribution in [0.25, 0.3) is 0 Å². The summed E-state index contributed by atoms with van der Waals surface area (Å²) in [7, 11) is -7.14. The van der Waals surface area contributed by atoms with Gasteiger partial charge in [-0.05, 0) is 19.9 Å². The van der Waals surface area contributed by atoms with E-state index in [1.165, 1.54) is 23.8 Å². The number of furan rings is 1. The monoisotopic (exact) mass is 332 g/mol. The fourth-order valence-electron chi connectivity index (χ4n) is 2.03. The van der Waals surface area contributed by atoms with Gasteiger partial charge < -0.3 is 8.98 Å². The summed E-state index contributed by atoms with van der Waals surface area (Å²) in [5, 5.41) is -0.0556. The summed E-state index contributed by atoms with van der Waals surface area (Å²) in [5.74, 6) is -0.166. The molecule has 0 atom stereocenters. The third-order valence-electron chi connectivity index (χ3n) is 2.95. The second kappa shape index (κ2) is 5.30. The first-order chi connectivity index (χ1) is 9.65. The van der Waals surface area contributed by atoms with E-state index in [-0.39, 0.29) is 21.6 Å². The van der Waals surface area contributed by atoms with E-state index in [0.717, 1.165) is 6.26 Å². The van der Waals surface area contributed by atoms with E-state index in [0.29, 0.717) is 6.54 Å². The maximum Gasteiger partial charge on any atom is 0.228 e. The molecule has 0 saturated heterocycles. The van der Waals surface area contributed by atoms with Gasteiger partial charge in [-0.15, -0.1) is 0 Å². The molecule has 0 N–H and O–H groups in total.